The molecule has 0 unspecified atom stereocenters. The molecule has 0 bridgehead atoms. The Morgan fingerprint density at radius 1 is 1.15 bits per heavy atom. The normalized spacial score (nSPS) is 17.4. The number of morpholine rings is 1. The predicted molar refractivity (Wildman–Crippen MR) is 133 cm³/mol. The number of benzene rings is 2. The van der Waals surface area contributed by atoms with E-state index in [1.54, 1.807) is 13.2 Å². The van der Waals surface area contributed by atoms with E-state index in [9.17, 15) is 14.4 Å². The summed E-state index contributed by atoms with van der Waals surface area (Å²) in [5, 5.41) is 2.30. The van der Waals surface area contributed by atoms with Crippen molar-refractivity contribution in [1.29, 1.82) is 0 Å². The van der Waals surface area contributed by atoms with Crippen molar-refractivity contribution in [3.63, 3.8) is 0 Å². The molecule has 0 aromatic heterocycles. The minimum atomic E-state index is -0.495. The summed E-state index contributed by atoms with van der Waals surface area (Å²) >= 11 is 0.818. The molecule has 0 saturated carbocycles. The topological polar surface area (TPSA) is 88.2 Å². The van der Waals surface area contributed by atoms with Gasteiger partial charge in [0, 0.05) is 36.1 Å². The first-order chi connectivity index (χ1) is 16.4. The molecule has 2 aliphatic heterocycles. The summed E-state index contributed by atoms with van der Waals surface area (Å²) in [7, 11) is 1.57. The molecule has 3 amide bonds. The molecule has 8 nitrogen and oxygen atoms in total. The lowest BCUT2D eigenvalue weighted by Gasteiger charge is -2.29. The minimum Gasteiger partial charge on any atom is -0.496 e. The van der Waals surface area contributed by atoms with E-state index in [0.29, 0.717) is 30.2 Å². The van der Waals surface area contributed by atoms with Gasteiger partial charge in [-0.3, -0.25) is 19.3 Å². The molecule has 2 fully saturated rings. The first-order valence-corrected chi connectivity index (χ1v) is 11.8. The highest BCUT2D eigenvalue weighted by Crippen LogP contribution is 2.35. The van der Waals surface area contributed by atoms with Crippen molar-refractivity contribution in [1.82, 2.24) is 4.90 Å². The first kappa shape index (κ1) is 23.8. The molecule has 2 aromatic carbocycles. The van der Waals surface area contributed by atoms with Crippen LogP contribution in [0.1, 0.15) is 16.7 Å². The number of ether oxygens (including phenoxy) is 2. The lowest BCUT2D eigenvalue weighted by atomic mass is 10.1. The fourth-order valence-electron chi connectivity index (χ4n) is 3.90. The quantitative estimate of drug-likeness (QED) is 0.628. The van der Waals surface area contributed by atoms with Crippen LogP contribution < -0.4 is 15.0 Å². The number of anilines is 2. The van der Waals surface area contributed by atoms with Crippen molar-refractivity contribution in [2.45, 2.75) is 13.8 Å². The van der Waals surface area contributed by atoms with Gasteiger partial charge >= 0.3 is 0 Å². The lowest BCUT2D eigenvalue weighted by molar-refractivity contribution is -0.127. The van der Waals surface area contributed by atoms with Crippen LogP contribution in [-0.2, 0) is 14.3 Å². The summed E-state index contributed by atoms with van der Waals surface area (Å²) in [6.45, 7) is 6.46. The van der Waals surface area contributed by atoms with E-state index >= 15 is 0 Å². The number of hydrogen-bond acceptors (Lipinski definition) is 7. The maximum Gasteiger partial charge on any atom is 0.294 e. The SMILES string of the molecule is COc1cc(N2CCOCC2)ccc1/C=C1\SC(=O)N(CC(=O)Nc2ccc(C)cc2C)C1=O. The highest BCUT2D eigenvalue weighted by molar-refractivity contribution is 8.18. The number of rotatable bonds is 6. The van der Waals surface area contributed by atoms with Gasteiger partial charge in [0.25, 0.3) is 11.1 Å². The second-order valence-electron chi connectivity index (χ2n) is 8.16. The van der Waals surface area contributed by atoms with E-state index in [2.05, 4.69) is 10.2 Å². The van der Waals surface area contributed by atoms with Crippen LogP contribution >= 0.6 is 11.8 Å². The first-order valence-electron chi connectivity index (χ1n) is 11.0. The summed E-state index contributed by atoms with van der Waals surface area (Å²) in [5.41, 5.74) is 4.34. The van der Waals surface area contributed by atoms with Crippen LogP contribution in [0, 0.1) is 13.8 Å². The van der Waals surface area contributed by atoms with E-state index in [4.69, 9.17) is 9.47 Å². The second-order valence-corrected chi connectivity index (χ2v) is 9.15. The van der Waals surface area contributed by atoms with Crippen LogP contribution in [0.2, 0.25) is 0 Å². The third-order valence-electron chi connectivity index (χ3n) is 5.71. The molecule has 2 heterocycles. The number of methoxy groups -OCH3 is 1. The molecule has 0 spiro atoms. The Kier molecular flexibility index (Phi) is 7.23. The molecule has 2 saturated heterocycles. The summed E-state index contributed by atoms with van der Waals surface area (Å²) in [4.78, 5) is 41.4. The van der Waals surface area contributed by atoms with Crippen molar-refractivity contribution in [2.24, 2.45) is 0 Å². The number of amides is 3. The molecule has 34 heavy (non-hydrogen) atoms. The number of thioether (sulfide) groups is 1. The second kappa shape index (κ2) is 10.3. The third kappa shape index (κ3) is 5.26. The Hall–Kier alpha value is -3.30. The number of nitrogens with one attached hydrogen (secondary N) is 1. The number of aryl methyl sites for hydroxylation is 2. The van der Waals surface area contributed by atoms with Gasteiger partial charge in [-0.25, -0.2) is 0 Å². The fourth-order valence-corrected chi connectivity index (χ4v) is 4.73. The van der Waals surface area contributed by atoms with Gasteiger partial charge in [-0.05, 0) is 55.4 Å². The molecule has 2 aliphatic rings. The van der Waals surface area contributed by atoms with Crippen molar-refractivity contribution in [3.8, 4) is 5.75 Å². The maximum absolute atomic E-state index is 12.9. The van der Waals surface area contributed by atoms with Crippen LogP contribution in [0.3, 0.4) is 0 Å². The van der Waals surface area contributed by atoms with E-state index in [1.165, 1.54) is 0 Å². The van der Waals surface area contributed by atoms with Crippen molar-refractivity contribution < 1.29 is 23.9 Å². The summed E-state index contributed by atoms with van der Waals surface area (Å²) < 4.78 is 10.9. The van der Waals surface area contributed by atoms with Gasteiger partial charge in [-0.15, -0.1) is 0 Å². The number of carbonyl (C=O) groups excluding carboxylic acids is 3. The van der Waals surface area contributed by atoms with Crippen LogP contribution in [-0.4, -0.2) is 61.9 Å². The largest absolute Gasteiger partial charge is 0.496 e. The van der Waals surface area contributed by atoms with Gasteiger partial charge < -0.3 is 19.7 Å². The molecule has 1 N–H and O–H groups in total. The monoisotopic (exact) mass is 481 g/mol. The molecule has 0 atom stereocenters. The van der Waals surface area contributed by atoms with Crippen LogP contribution in [0.5, 0.6) is 5.75 Å². The number of nitrogens with zero attached hydrogens (tertiary/aromatic N) is 2. The van der Waals surface area contributed by atoms with E-state index in [1.807, 2.05) is 50.2 Å². The fraction of sp³-hybridized carbons (Fsp3) is 0.320. The Bertz CT molecular complexity index is 1160. The third-order valence-corrected chi connectivity index (χ3v) is 6.62. The zero-order valence-electron chi connectivity index (χ0n) is 19.4. The van der Waals surface area contributed by atoms with Crippen LogP contribution in [0.25, 0.3) is 6.08 Å². The highest BCUT2D eigenvalue weighted by atomic mass is 32.2. The standard InChI is InChI=1S/C25H27N3O5S/c1-16-4-7-20(17(2)12-16)26-23(29)15-28-24(30)22(34-25(28)31)13-18-5-6-19(14-21(18)32-3)27-8-10-33-11-9-27/h4-7,12-14H,8-11,15H2,1-3H3,(H,26,29)/b22-13-. The summed E-state index contributed by atoms with van der Waals surface area (Å²) in [6, 6.07) is 11.4. The van der Waals surface area contributed by atoms with Gasteiger partial charge in [0.2, 0.25) is 5.91 Å². The average molecular weight is 482 g/mol. The molecule has 178 valence electrons. The van der Waals surface area contributed by atoms with E-state index < -0.39 is 17.1 Å². The Labute approximate surface area is 202 Å². The zero-order valence-corrected chi connectivity index (χ0v) is 20.2. The van der Waals surface area contributed by atoms with Gasteiger partial charge in [0.15, 0.2) is 0 Å². The van der Waals surface area contributed by atoms with Crippen LogP contribution in [0.15, 0.2) is 41.3 Å². The Balaban J connectivity index is 1.47. The smallest absolute Gasteiger partial charge is 0.294 e. The molecule has 9 heteroatoms. The molecule has 0 aliphatic carbocycles. The molecule has 2 aromatic rings. The van der Waals surface area contributed by atoms with Crippen molar-refractivity contribution in [3.05, 3.63) is 58.0 Å². The summed E-state index contributed by atoms with van der Waals surface area (Å²) in [5.74, 6) is -0.323. The average Bonchev–Trinajstić information content (AvgIpc) is 3.09. The molecule has 4 rings (SSSR count). The maximum atomic E-state index is 12.9. The van der Waals surface area contributed by atoms with Gasteiger partial charge in [0.05, 0.1) is 25.2 Å². The molecular formula is C25H27N3O5S. The Morgan fingerprint density at radius 3 is 2.62 bits per heavy atom. The van der Waals surface area contributed by atoms with Gasteiger partial charge in [-0.2, -0.15) is 0 Å². The molecular weight excluding hydrogens is 454 g/mol. The van der Waals surface area contributed by atoms with Crippen molar-refractivity contribution in [2.75, 3.05) is 50.2 Å². The summed E-state index contributed by atoms with van der Waals surface area (Å²) in [6.07, 6.45) is 1.63. The predicted octanol–water partition coefficient (Wildman–Crippen LogP) is 3.82. The van der Waals surface area contributed by atoms with Gasteiger partial charge in [-0.1, -0.05) is 17.7 Å². The zero-order chi connectivity index (χ0) is 24.2. The van der Waals surface area contributed by atoms with E-state index in [-0.39, 0.29) is 11.4 Å². The highest BCUT2D eigenvalue weighted by Gasteiger charge is 2.36. The number of hydrogen-bond donors (Lipinski definition) is 1. The number of imide groups is 1. The number of carbonyl (C=O) groups is 3. The van der Waals surface area contributed by atoms with Crippen LogP contribution in [0.4, 0.5) is 16.2 Å². The Morgan fingerprint density at radius 2 is 1.91 bits per heavy atom. The molecule has 0 radical (unpaired) electrons. The van der Waals surface area contributed by atoms with Gasteiger partial charge in [0.1, 0.15) is 12.3 Å². The van der Waals surface area contributed by atoms with E-state index in [0.717, 1.165) is 46.6 Å². The minimum absolute atomic E-state index is 0.252. The van der Waals surface area contributed by atoms with Crippen molar-refractivity contribution >= 4 is 46.3 Å². The lowest BCUT2D eigenvalue weighted by Crippen LogP contribution is -2.36.